The second kappa shape index (κ2) is 8.71. The van der Waals surface area contributed by atoms with E-state index in [1.807, 2.05) is 0 Å². The Morgan fingerprint density at radius 3 is 2.60 bits per heavy atom. The van der Waals surface area contributed by atoms with E-state index in [4.69, 9.17) is 27.9 Å². The summed E-state index contributed by atoms with van der Waals surface area (Å²) in [5.41, 5.74) is 0.668. The number of anilines is 2. The van der Waals surface area contributed by atoms with Crippen molar-refractivity contribution in [3.8, 4) is 5.75 Å². The molecule has 1 amide bonds. The number of hydrogen-bond acceptors (Lipinski definition) is 6. The van der Waals surface area contributed by atoms with Crippen LogP contribution in [0.5, 0.6) is 5.75 Å². The Morgan fingerprint density at radius 1 is 1.20 bits per heavy atom. The second-order valence-electron chi connectivity index (χ2n) is 6.52. The Kier molecular flexibility index (Phi) is 6.44. The van der Waals surface area contributed by atoms with Gasteiger partial charge in [0.05, 0.1) is 35.3 Å². The van der Waals surface area contributed by atoms with Crippen LogP contribution in [0.15, 0.2) is 36.4 Å². The predicted octanol–water partition coefficient (Wildman–Crippen LogP) is 3.34. The fraction of sp³-hybridized carbons (Fsp3) is 0.263. The summed E-state index contributed by atoms with van der Waals surface area (Å²) in [6.45, 7) is 0.0141. The average Bonchev–Trinajstić information content (AvgIpc) is 2.88. The number of amides is 1. The molecule has 1 unspecified atom stereocenters. The van der Waals surface area contributed by atoms with E-state index in [-0.39, 0.29) is 40.7 Å². The van der Waals surface area contributed by atoms with E-state index < -0.39 is 28.0 Å². The molecule has 0 aliphatic carbocycles. The van der Waals surface area contributed by atoms with Gasteiger partial charge in [-0.1, -0.05) is 23.2 Å². The summed E-state index contributed by atoms with van der Waals surface area (Å²) in [5.74, 6) is -0.922. The van der Waals surface area contributed by atoms with Crippen LogP contribution in [0.2, 0.25) is 10.0 Å². The van der Waals surface area contributed by atoms with Crippen LogP contribution in [0, 0.1) is 0 Å². The number of nitrogens with zero attached hydrogens (tertiary/aromatic N) is 1. The number of carbonyl (C=O) groups excluding carboxylic acids is 2. The van der Waals surface area contributed by atoms with Crippen LogP contribution in [0.3, 0.4) is 0 Å². The highest BCUT2D eigenvalue weighted by molar-refractivity contribution is 7.92. The highest BCUT2D eigenvalue weighted by atomic mass is 35.5. The quantitative estimate of drug-likeness (QED) is 0.684. The molecular weight excluding hydrogens is 455 g/mol. The number of nitrogens with one attached hydrogen (secondary N) is 1. The molecule has 0 radical (unpaired) electrons. The van der Waals surface area contributed by atoms with Gasteiger partial charge in [-0.2, -0.15) is 0 Å². The van der Waals surface area contributed by atoms with Crippen LogP contribution >= 0.6 is 23.2 Å². The molecule has 30 heavy (non-hydrogen) atoms. The Morgan fingerprint density at radius 2 is 1.93 bits per heavy atom. The molecule has 1 aliphatic heterocycles. The first kappa shape index (κ1) is 22.2. The summed E-state index contributed by atoms with van der Waals surface area (Å²) in [4.78, 5) is 24.6. The molecule has 0 saturated heterocycles. The van der Waals surface area contributed by atoms with E-state index in [0.717, 1.165) is 10.6 Å². The molecule has 1 heterocycles. The monoisotopic (exact) mass is 472 g/mol. The number of ether oxygens (including phenoxy) is 2. The van der Waals surface area contributed by atoms with Crippen molar-refractivity contribution in [2.45, 2.75) is 12.5 Å². The Labute approximate surface area is 183 Å². The first-order chi connectivity index (χ1) is 14.1. The van der Waals surface area contributed by atoms with Crippen LogP contribution in [0.1, 0.15) is 16.8 Å². The third-order valence-corrected chi connectivity index (χ3v) is 6.14. The van der Waals surface area contributed by atoms with Gasteiger partial charge in [-0.05, 0) is 36.4 Å². The molecule has 160 valence electrons. The molecule has 1 aliphatic rings. The standard InChI is InChI=1S/C19H18Cl2N2O6S/c1-28-19(25)11-3-5-13(21)14(9-11)22-18(24)17-7-8-23(30(2,26)27)15-10-12(20)4-6-16(15)29-17/h3-6,9-10,17H,7-8H2,1-2H3,(H,22,24). The van der Waals surface area contributed by atoms with Gasteiger partial charge < -0.3 is 14.8 Å². The summed E-state index contributed by atoms with van der Waals surface area (Å²) in [6.07, 6.45) is 0.143. The summed E-state index contributed by atoms with van der Waals surface area (Å²) >= 11 is 12.1. The zero-order valence-corrected chi connectivity index (χ0v) is 18.3. The Hall–Kier alpha value is -2.49. The van der Waals surface area contributed by atoms with Gasteiger partial charge in [0, 0.05) is 18.0 Å². The lowest BCUT2D eigenvalue weighted by molar-refractivity contribution is -0.122. The highest BCUT2D eigenvalue weighted by Gasteiger charge is 2.31. The van der Waals surface area contributed by atoms with Crippen molar-refractivity contribution in [2.24, 2.45) is 0 Å². The number of benzene rings is 2. The fourth-order valence-corrected chi connectivity index (χ4v) is 4.23. The molecule has 1 atom stereocenters. The summed E-state index contributed by atoms with van der Waals surface area (Å²) in [7, 11) is -2.38. The van der Waals surface area contributed by atoms with E-state index >= 15 is 0 Å². The van der Waals surface area contributed by atoms with Gasteiger partial charge in [-0.3, -0.25) is 9.10 Å². The van der Waals surface area contributed by atoms with Crippen LogP contribution in [-0.4, -0.2) is 46.3 Å². The number of fused-ring (bicyclic) bond motifs is 1. The van der Waals surface area contributed by atoms with Gasteiger partial charge in [0.25, 0.3) is 5.91 Å². The number of sulfonamides is 1. The number of rotatable bonds is 4. The van der Waals surface area contributed by atoms with Crippen molar-refractivity contribution in [2.75, 3.05) is 29.5 Å². The topological polar surface area (TPSA) is 102 Å². The zero-order chi connectivity index (χ0) is 22.1. The van der Waals surface area contributed by atoms with E-state index in [2.05, 4.69) is 10.1 Å². The van der Waals surface area contributed by atoms with Crippen LogP contribution < -0.4 is 14.4 Å². The van der Waals surface area contributed by atoms with E-state index in [1.54, 1.807) is 0 Å². The molecule has 11 heteroatoms. The van der Waals surface area contributed by atoms with Gasteiger partial charge in [0.15, 0.2) is 6.10 Å². The van der Waals surface area contributed by atoms with Gasteiger partial charge in [0.1, 0.15) is 5.75 Å². The Balaban J connectivity index is 1.88. The van der Waals surface area contributed by atoms with Gasteiger partial charge in [0.2, 0.25) is 10.0 Å². The Bertz CT molecular complexity index is 1110. The van der Waals surface area contributed by atoms with Gasteiger partial charge >= 0.3 is 5.97 Å². The number of halogens is 2. The molecule has 2 aromatic carbocycles. The van der Waals surface area contributed by atoms with Gasteiger partial charge in [-0.15, -0.1) is 0 Å². The smallest absolute Gasteiger partial charge is 0.337 e. The molecule has 0 bridgehead atoms. The molecule has 2 aromatic rings. The zero-order valence-electron chi connectivity index (χ0n) is 16.0. The second-order valence-corrected chi connectivity index (χ2v) is 9.27. The molecule has 8 nitrogen and oxygen atoms in total. The van der Waals surface area contributed by atoms with Crippen molar-refractivity contribution < 1.29 is 27.5 Å². The maximum atomic E-state index is 12.9. The van der Waals surface area contributed by atoms with E-state index in [1.165, 1.54) is 43.5 Å². The van der Waals surface area contributed by atoms with E-state index in [0.29, 0.717) is 5.02 Å². The largest absolute Gasteiger partial charge is 0.478 e. The first-order valence-corrected chi connectivity index (χ1v) is 11.3. The SMILES string of the molecule is COC(=O)c1ccc(Cl)c(NC(=O)C2CCN(S(C)(=O)=O)c3cc(Cl)ccc3O2)c1. The van der Waals surface area contributed by atoms with Crippen LogP contribution in [0.4, 0.5) is 11.4 Å². The average molecular weight is 473 g/mol. The maximum Gasteiger partial charge on any atom is 0.337 e. The third-order valence-electron chi connectivity index (χ3n) is 4.39. The van der Waals surface area contributed by atoms with Crippen molar-refractivity contribution >= 4 is 56.5 Å². The molecule has 0 aromatic heterocycles. The minimum Gasteiger partial charge on any atom is -0.478 e. The molecule has 0 fully saturated rings. The maximum absolute atomic E-state index is 12.9. The fourth-order valence-electron chi connectivity index (χ4n) is 2.96. The molecule has 0 saturated carbocycles. The van der Waals surface area contributed by atoms with Gasteiger partial charge in [-0.25, -0.2) is 13.2 Å². The first-order valence-electron chi connectivity index (χ1n) is 8.73. The van der Waals surface area contributed by atoms with Crippen molar-refractivity contribution in [3.05, 3.63) is 52.0 Å². The third kappa shape index (κ3) is 4.80. The normalized spacial score (nSPS) is 16.1. The summed E-state index contributed by atoms with van der Waals surface area (Å²) < 4.78 is 36.1. The van der Waals surface area contributed by atoms with Crippen LogP contribution in [0.25, 0.3) is 0 Å². The highest BCUT2D eigenvalue weighted by Crippen LogP contribution is 2.36. The summed E-state index contributed by atoms with van der Waals surface area (Å²) in [5, 5.41) is 3.18. The minimum atomic E-state index is -3.62. The summed E-state index contributed by atoms with van der Waals surface area (Å²) in [6, 6.07) is 8.83. The number of esters is 1. The van der Waals surface area contributed by atoms with Crippen LogP contribution in [-0.2, 0) is 19.6 Å². The number of carbonyl (C=O) groups is 2. The van der Waals surface area contributed by atoms with Crippen molar-refractivity contribution in [3.63, 3.8) is 0 Å². The molecule has 0 spiro atoms. The van der Waals surface area contributed by atoms with E-state index in [9.17, 15) is 18.0 Å². The van der Waals surface area contributed by atoms with Crippen molar-refractivity contribution in [1.82, 2.24) is 0 Å². The lowest BCUT2D eigenvalue weighted by atomic mass is 10.2. The lowest BCUT2D eigenvalue weighted by Gasteiger charge is -2.21. The predicted molar refractivity (Wildman–Crippen MR) is 114 cm³/mol. The van der Waals surface area contributed by atoms with Crippen molar-refractivity contribution in [1.29, 1.82) is 0 Å². The lowest BCUT2D eigenvalue weighted by Crippen LogP contribution is -2.36. The number of hydrogen-bond donors (Lipinski definition) is 1. The minimum absolute atomic E-state index is 0.0141. The molecule has 3 rings (SSSR count). The number of methoxy groups -OCH3 is 1. The molecule has 1 N–H and O–H groups in total. The molecular formula is C19H18Cl2N2O6S.